The molecule has 0 unspecified atom stereocenters. The van der Waals surface area contributed by atoms with Gasteiger partial charge in [-0.2, -0.15) is 5.26 Å². The number of rotatable bonds is 10. The Morgan fingerprint density at radius 1 is 1.25 bits per heavy atom. The van der Waals surface area contributed by atoms with Gasteiger partial charge in [-0.1, -0.05) is 76.1 Å². The number of allylic oxidation sites excluding steroid dienone is 2. The molecule has 0 aliphatic carbocycles. The number of hydrogen-bond donors (Lipinski definition) is 0. The van der Waals surface area contributed by atoms with Crippen molar-refractivity contribution in [1.82, 2.24) is 0 Å². The third kappa shape index (κ3) is 5.85. The van der Waals surface area contributed by atoms with E-state index in [1.807, 2.05) is 50.3 Å². The second-order valence-electron chi connectivity index (χ2n) is 6.55. The Kier molecular flexibility index (Phi) is 8.86. The number of ether oxygens (including phenoxy) is 1. The van der Waals surface area contributed by atoms with Gasteiger partial charge < -0.3 is 4.74 Å². The molecule has 3 nitrogen and oxygen atoms in total. The van der Waals surface area contributed by atoms with Crippen LogP contribution in [0.1, 0.15) is 58.4 Å². The van der Waals surface area contributed by atoms with Gasteiger partial charge in [-0.3, -0.25) is 0 Å². The van der Waals surface area contributed by atoms with Crippen molar-refractivity contribution < 1.29 is 9.53 Å². The van der Waals surface area contributed by atoms with Crippen LogP contribution in [0.3, 0.4) is 0 Å². The highest BCUT2D eigenvalue weighted by atomic mass is 16.5. The molecule has 0 aliphatic heterocycles. The lowest BCUT2D eigenvalue weighted by molar-refractivity contribution is -0.149. The summed E-state index contributed by atoms with van der Waals surface area (Å²) in [6.07, 6.45) is 8.85. The number of esters is 1. The normalized spacial score (nSPS) is 13.6. The summed E-state index contributed by atoms with van der Waals surface area (Å²) in [5, 5.41) is 9.82. The Morgan fingerprint density at radius 3 is 2.54 bits per heavy atom. The molecule has 24 heavy (non-hydrogen) atoms. The first-order chi connectivity index (χ1) is 11.6. The number of hydrogen-bond acceptors (Lipinski definition) is 3. The minimum Gasteiger partial charge on any atom is -0.464 e. The minimum absolute atomic E-state index is 0.241. The molecule has 0 aliphatic rings. The van der Waals surface area contributed by atoms with E-state index in [0.29, 0.717) is 18.6 Å². The summed E-state index contributed by atoms with van der Waals surface area (Å²) in [6, 6.07) is 11.5. The van der Waals surface area contributed by atoms with Crippen molar-refractivity contribution in [2.24, 2.45) is 5.92 Å². The van der Waals surface area contributed by atoms with Crippen LogP contribution in [0.25, 0.3) is 0 Å². The Bertz CT molecular complexity index is 557. The first-order valence-electron chi connectivity index (χ1n) is 8.85. The summed E-state index contributed by atoms with van der Waals surface area (Å²) < 4.78 is 5.41. The zero-order valence-electron chi connectivity index (χ0n) is 15.1. The van der Waals surface area contributed by atoms with Crippen LogP contribution in [0.5, 0.6) is 0 Å². The van der Waals surface area contributed by atoms with Gasteiger partial charge in [0.25, 0.3) is 0 Å². The molecule has 1 aromatic rings. The highest BCUT2D eigenvalue weighted by Crippen LogP contribution is 2.30. The quantitative estimate of drug-likeness (QED) is 0.338. The van der Waals surface area contributed by atoms with Gasteiger partial charge in [0.2, 0.25) is 0 Å². The van der Waals surface area contributed by atoms with E-state index in [0.717, 1.165) is 12.8 Å². The first kappa shape index (κ1) is 20.0. The molecule has 0 saturated carbocycles. The molecular weight excluding hydrogens is 298 g/mol. The van der Waals surface area contributed by atoms with E-state index in [1.165, 1.54) is 12.8 Å². The van der Waals surface area contributed by atoms with Crippen molar-refractivity contribution >= 4 is 5.97 Å². The van der Waals surface area contributed by atoms with Crippen LogP contribution in [0.2, 0.25) is 0 Å². The smallest absolute Gasteiger partial charge is 0.331 e. The van der Waals surface area contributed by atoms with Crippen LogP contribution in [0.15, 0.2) is 42.5 Å². The van der Waals surface area contributed by atoms with E-state index < -0.39 is 11.4 Å². The van der Waals surface area contributed by atoms with Crippen LogP contribution in [0.4, 0.5) is 0 Å². The van der Waals surface area contributed by atoms with Gasteiger partial charge in [-0.05, 0) is 30.7 Å². The number of benzene rings is 1. The highest BCUT2D eigenvalue weighted by molar-refractivity contribution is 5.87. The number of carbonyl (C=O) groups is 1. The molecule has 0 aromatic heterocycles. The van der Waals surface area contributed by atoms with Gasteiger partial charge in [0.1, 0.15) is 0 Å². The number of unbranched alkanes of at least 4 members (excludes halogenated alkanes) is 3. The molecule has 1 rings (SSSR count). The molecule has 1 aromatic carbocycles. The fourth-order valence-electron chi connectivity index (χ4n) is 2.45. The lowest BCUT2D eigenvalue weighted by atomic mass is 9.78. The molecule has 0 amide bonds. The average molecular weight is 327 g/mol. The van der Waals surface area contributed by atoms with Crippen LogP contribution < -0.4 is 0 Å². The van der Waals surface area contributed by atoms with Crippen molar-refractivity contribution in [3.8, 4) is 6.07 Å². The first-order valence-corrected chi connectivity index (χ1v) is 8.85. The van der Waals surface area contributed by atoms with Gasteiger partial charge in [0, 0.05) is 0 Å². The Morgan fingerprint density at radius 2 is 1.96 bits per heavy atom. The molecule has 0 radical (unpaired) electrons. The fourth-order valence-corrected chi connectivity index (χ4v) is 2.45. The topological polar surface area (TPSA) is 50.1 Å². The van der Waals surface area contributed by atoms with E-state index >= 15 is 0 Å². The predicted molar refractivity (Wildman–Crippen MR) is 97.4 cm³/mol. The SMILES string of the molecule is CCCCC/C=C/C[C@](C#N)(C(=O)OCC(C)C)c1ccccc1. The highest BCUT2D eigenvalue weighted by Gasteiger charge is 2.41. The molecule has 0 saturated heterocycles. The molecule has 0 bridgehead atoms. The fraction of sp³-hybridized carbons (Fsp3) is 0.524. The maximum Gasteiger partial charge on any atom is 0.331 e. The number of nitriles is 1. The summed E-state index contributed by atoms with van der Waals surface area (Å²) in [6.45, 7) is 6.47. The molecule has 130 valence electrons. The second-order valence-corrected chi connectivity index (χ2v) is 6.55. The van der Waals surface area contributed by atoms with Crippen LogP contribution in [-0.4, -0.2) is 12.6 Å². The molecule has 3 heteroatoms. The van der Waals surface area contributed by atoms with E-state index in [4.69, 9.17) is 4.74 Å². The molecular formula is C21H29NO2. The zero-order valence-corrected chi connectivity index (χ0v) is 15.1. The van der Waals surface area contributed by atoms with Crippen LogP contribution >= 0.6 is 0 Å². The lowest BCUT2D eigenvalue weighted by Gasteiger charge is -2.24. The van der Waals surface area contributed by atoms with E-state index in [9.17, 15) is 10.1 Å². The van der Waals surface area contributed by atoms with Gasteiger partial charge in [0.05, 0.1) is 12.7 Å². The van der Waals surface area contributed by atoms with Crippen molar-refractivity contribution in [2.45, 2.75) is 58.3 Å². The van der Waals surface area contributed by atoms with E-state index in [2.05, 4.69) is 19.1 Å². The lowest BCUT2D eigenvalue weighted by Crippen LogP contribution is -2.36. The van der Waals surface area contributed by atoms with Gasteiger partial charge in [-0.25, -0.2) is 4.79 Å². The summed E-state index contributed by atoms with van der Waals surface area (Å²) in [5.74, 6) is -0.214. The number of nitrogens with zero attached hydrogens (tertiary/aromatic N) is 1. The van der Waals surface area contributed by atoms with Crippen molar-refractivity contribution in [1.29, 1.82) is 5.26 Å². The maximum absolute atomic E-state index is 12.7. The molecule has 1 atom stereocenters. The monoisotopic (exact) mass is 327 g/mol. The average Bonchev–Trinajstić information content (AvgIpc) is 2.60. The summed E-state index contributed by atoms with van der Waals surface area (Å²) in [7, 11) is 0. The molecule has 0 N–H and O–H groups in total. The Balaban J connectivity index is 2.94. The minimum atomic E-state index is -1.27. The van der Waals surface area contributed by atoms with Crippen LogP contribution in [-0.2, 0) is 14.9 Å². The third-order valence-electron chi connectivity index (χ3n) is 3.92. The summed E-state index contributed by atoms with van der Waals surface area (Å²) >= 11 is 0. The largest absolute Gasteiger partial charge is 0.464 e. The van der Waals surface area contributed by atoms with Crippen LogP contribution in [0, 0.1) is 17.2 Å². The van der Waals surface area contributed by atoms with Gasteiger partial charge in [0.15, 0.2) is 5.41 Å². The van der Waals surface area contributed by atoms with E-state index in [1.54, 1.807) is 0 Å². The molecule has 0 heterocycles. The zero-order chi connectivity index (χ0) is 17.8. The number of carbonyl (C=O) groups excluding carboxylic acids is 1. The molecule has 0 fully saturated rings. The summed E-state index contributed by atoms with van der Waals surface area (Å²) in [4.78, 5) is 12.7. The Labute approximate surface area is 146 Å². The predicted octanol–water partition coefficient (Wildman–Crippen LogP) is 5.17. The van der Waals surface area contributed by atoms with Crippen molar-refractivity contribution in [2.75, 3.05) is 6.61 Å². The van der Waals surface area contributed by atoms with Crippen molar-refractivity contribution in [3.63, 3.8) is 0 Å². The third-order valence-corrected chi connectivity index (χ3v) is 3.92. The second kappa shape index (κ2) is 10.6. The molecule has 0 spiro atoms. The maximum atomic E-state index is 12.7. The van der Waals surface area contributed by atoms with Crippen molar-refractivity contribution in [3.05, 3.63) is 48.0 Å². The van der Waals surface area contributed by atoms with Gasteiger partial charge >= 0.3 is 5.97 Å². The van der Waals surface area contributed by atoms with Gasteiger partial charge in [-0.15, -0.1) is 0 Å². The summed E-state index contributed by atoms with van der Waals surface area (Å²) in [5.41, 5.74) is -0.573. The Hall–Kier alpha value is -2.08. The van der Waals surface area contributed by atoms with E-state index in [-0.39, 0.29) is 5.92 Å². The standard InChI is InChI=1S/C21H29NO2/c1-4-5-6-7-8-12-15-21(17-22,19-13-10-9-11-14-19)20(23)24-16-18(2)3/h8-14,18H,4-7,15-16H2,1-3H3/b12-8+/t21-/m1/s1.